The predicted octanol–water partition coefficient (Wildman–Crippen LogP) is 3.00. The van der Waals surface area contributed by atoms with Gasteiger partial charge >= 0.3 is 0 Å². The van der Waals surface area contributed by atoms with E-state index in [9.17, 15) is 4.79 Å². The van der Waals surface area contributed by atoms with Crippen molar-refractivity contribution < 1.29 is 9.32 Å². The minimum atomic E-state index is -0.240. The van der Waals surface area contributed by atoms with Gasteiger partial charge in [-0.2, -0.15) is 4.98 Å². The molecule has 1 amide bonds. The molecule has 3 aromatic rings. The average Bonchev–Trinajstić information content (AvgIpc) is 2.95. The summed E-state index contributed by atoms with van der Waals surface area (Å²) in [7, 11) is 0. The number of carbonyl (C=O) groups excluding carboxylic acids is 1. The number of aryl methyl sites for hydroxylation is 2. The zero-order chi connectivity index (χ0) is 15.5. The van der Waals surface area contributed by atoms with Crippen molar-refractivity contribution in [2.24, 2.45) is 0 Å². The van der Waals surface area contributed by atoms with Crippen molar-refractivity contribution in [3.63, 3.8) is 0 Å². The summed E-state index contributed by atoms with van der Waals surface area (Å²) in [6.45, 7) is 3.61. The highest BCUT2D eigenvalue weighted by atomic mass is 16.5. The highest BCUT2D eigenvalue weighted by molar-refractivity contribution is 6.05. The van der Waals surface area contributed by atoms with Gasteiger partial charge in [0.2, 0.25) is 0 Å². The highest BCUT2D eigenvalue weighted by Gasteiger charge is 2.14. The molecular formula is C16H14N4O2. The summed E-state index contributed by atoms with van der Waals surface area (Å²) in [5.74, 6) is 0.672. The van der Waals surface area contributed by atoms with E-state index in [4.69, 9.17) is 4.52 Å². The number of nitrogens with one attached hydrogen (secondary N) is 1. The van der Waals surface area contributed by atoms with Crippen molar-refractivity contribution in [1.82, 2.24) is 15.1 Å². The molecule has 0 atom stereocenters. The van der Waals surface area contributed by atoms with Gasteiger partial charge in [0.15, 0.2) is 5.82 Å². The zero-order valence-electron chi connectivity index (χ0n) is 12.2. The Morgan fingerprint density at radius 3 is 2.64 bits per heavy atom. The van der Waals surface area contributed by atoms with Crippen molar-refractivity contribution in [2.45, 2.75) is 13.8 Å². The number of amides is 1. The normalized spacial score (nSPS) is 10.5. The molecule has 22 heavy (non-hydrogen) atoms. The lowest BCUT2D eigenvalue weighted by Gasteiger charge is -2.08. The first-order valence-electron chi connectivity index (χ1n) is 6.77. The van der Waals surface area contributed by atoms with Crippen LogP contribution in [0.4, 0.5) is 5.69 Å². The fourth-order valence-corrected chi connectivity index (χ4v) is 1.98. The van der Waals surface area contributed by atoms with Crippen LogP contribution in [0.3, 0.4) is 0 Å². The van der Waals surface area contributed by atoms with E-state index in [0.717, 1.165) is 5.69 Å². The summed E-state index contributed by atoms with van der Waals surface area (Å²) in [4.78, 5) is 20.6. The number of pyridine rings is 1. The highest BCUT2D eigenvalue weighted by Crippen LogP contribution is 2.26. The van der Waals surface area contributed by atoms with Crippen LogP contribution in [0.25, 0.3) is 11.5 Å². The maximum absolute atomic E-state index is 12.3. The van der Waals surface area contributed by atoms with Crippen molar-refractivity contribution in [3.8, 4) is 11.5 Å². The Hall–Kier alpha value is -3.02. The van der Waals surface area contributed by atoms with Gasteiger partial charge in [-0.15, -0.1) is 0 Å². The summed E-state index contributed by atoms with van der Waals surface area (Å²) in [6, 6.07) is 10.8. The van der Waals surface area contributed by atoms with Gasteiger partial charge in [0.25, 0.3) is 11.8 Å². The van der Waals surface area contributed by atoms with Gasteiger partial charge in [-0.05, 0) is 38.1 Å². The summed E-state index contributed by atoms with van der Waals surface area (Å²) in [5, 5.41) is 6.62. The van der Waals surface area contributed by atoms with E-state index >= 15 is 0 Å². The van der Waals surface area contributed by atoms with E-state index in [2.05, 4.69) is 20.4 Å². The number of hydrogen-bond acceptors (Lipinski definition) is 5. The van der Waals surface area contributed by atoms with Crippen LogP contribution in [0.15, 0.2) is 47.1 Å². The summed E-state index contributed by atoms with van der Waals surface area (Å²) >= 11 is 0. The molecule has 0 saturated heterocycles. The number of nitrogens with zero attached hydrogens (tertiary/aromatic N) is 3. The molecule has 1 aromatic carbocycles. The Morgan fingerprint density at radius 1 is 1.14 bits per heavy atom. The Kier molecular flexibility index (Phi) is 3.65. The van der Waals surface area contributed by atoms with E-state index in [1.54, 1.807) is 31.3 Å². The zero-order valence-corrected chi connectivity index (χ0v) is 12.2. The molecular weight excluding hydrogens is 280 g/mol. The molecule has 0 unspecified atom stereocenters. The first-order chi connectivity index (χ1) is 10.6. The smallest absolute Gasteiger partial charge is 0.260 e. The maximum Gasteiger partial charge on any atom is 0.260 e. The topological polar surface area (TPSA) is 80.9 Å². The van der Waals surface area contributed by atoms with Crippen LogP contribution in [0.1, 0.15) is 21.9 Å². The second-order valence-electron chi connectivity index (χ2n) is 4.83. The SMILES string of the molecule is Cc1ccc(C(=O)Nc2ccccc2-c2nc(C)no2)cn1. The Labute approximate surface area is 127 Å². The Bertz CT molecular complexity index is 809. The number of carbonyl (C=O) groups is 1. The number of hydrogen-bond donors (Lipinski definition) is 1. The molecule has 0 saturated carbocycles. The van der Waals surface area contributed by atoms with Crippen LogP contribution in [-0.4, -0.2) is 21.0 Å². The average molecular weight is 294 g/mol. The molecule has 1 N–H and O–H groups in total. The monoisotopic (exact) mass is 294 g/mol. The van der Waals surface area contributed by atoms with Gasteiger partial charge in [-0.1, -0.05) is 17.3 Å². The molecule has 2 heterocycles. The molecule has 0 radical (unpaired) electrons. The minimum absolute atomic E-state index is 0.240. The van der Waals surface area contributed by atoms with Crippen molar-refractivity contribution >= 4 is 11.6 Å². The van der Waals surface area contributed by atoms with Crippen molar-refractivity contribution in [2.75, 3.05) is 5.32 Å². The van der Waals surface area contributed by atoms with Gasteiger partial charge < -0.3 is 9.84 Å². The fraction of sp³-hybridized carbons (Fsp3) is 0.125. The lowest BCUT2D eigenvalue weighted by atomic mass is 10.1. The van der Waals surface area contributed by atoms with E-state index in [0.29, 0.717) is 28.5 Å². The summed E-state index contributed by atoms with van der Waals surface area (Å²) < 4.78 is 5.17. The number of benzene rings is 1. The summed E-state index contributed by atoms with van der Waals surface area (Å²) in [5.41, 5.74) is 2.63. The maximum atomic E-state index is 12.3. The predicted molar refractivity (Wildman–Crippen MR) is 81.4 cm³/mol. The molecule has 0 bridgehead atoms. The molecule has 6 heteroatoms. The first kappa shape index (κ1) is 13.9. The van der Waals surface area contributed by atoms with Crippen LogP contribution in [-0.2, 0) is 0 Å². The van der Waals surface area contributed by atoms with E-state index in [-0.39, 0.29) is 5.91 Å². The number of anilines is 1. The largest absolute Gasteiger partial charge is 0.334 e. The fourth-order valence-electron chi connectivity index (χ4n) is 1.98. The standard InChI is InChI=1S/C16H14N4O2/c1-10-7-8-12(9-17-10)15(21)19-14-6-4-3-5-13(14)16-18-11(2)20-22-16/h3-9H,1-2H3,(H,19,21). The van der Waals surface area contributed by atoms with Gasteiger partial charge in [0, 0.05) is 11.9 Å². The Morgan fingerprint density at radius 2 is 1.95 bits per heavy atom. The van der Waals surface area contributed by atoms with Crippen LogP contribution >= 0.6 is 0 Å². The van der Waals surface area contributed by atoms with Crippen LogP contribution < -0.4 is 5.32 Å². The molecule has 0 aliphatic rings. The van der Waals surface area contributed by atoms with Gasteiger partial charge in [-0.25, -0.2) is 0 Å². The third kappa shape index (κ3) is 2.85. The second-order valence-corrected chi connectivity index (χ2v) is 4.83. The molecule has 2 aromatic heterocycles. The van der Waals surface area contributed by atoms with Crippen molar-refractivity contribution in [3.05, 3.63) is 59.7 Å². The number of rotatable bonds is 3. The molecule has 0 spiro atoms. The minimum Gasteiger partial charge on any atom is -0.334 e. The van der Waals surface area contributed by atoms with Gasteiger partial charge in [0.05, 0.1) is 16.8 Å². The quantitative estimate of drug-likeness (QED) is 0.803. The molecule has 6 nitrogen and oxygen atoms in total. The van der Waals surface area contributed by atoms with Crippen molar-refractivity contribution in [1.29, 1.82) is 0 Å². The Balaban J connectivity index is 1.89. The third-order valence-corrected chi connectivity index (χ3v) is 3.11. The van der Waals surface area contributed by atoms with Crippen LogP contribution in [0, 0.1) is 13.8 Å². The molecule has 0 aliphatic heterocycles. The van der Waals surface area contributed by atoms with E-state index in [1.165, 1.54) is 0 Å². The second kappa shape index (κ2) is 5.77. The van der Waals surface area contributed by atoms with Gasteiger partial charge in [0.1, 0.15) is 0 Å². The van der Waals surface area contributed by atoms with Crippen LogP contribution in [0.2, 0.25) is 0 Å². The molecule has 110 valence electrons. The first-order valence-corrected chi connectivity index (χ1v) is 6.77. The molecule has 0 fully saturated rings. The number of para-hydroxylation sites is 1. The van der Waals surface area contributed by atoms with Gasteiger partial charge in [-0.3, -0.25) is 9.78 Å². The van der Waals surface area contributed by atoms with E-state index in [1.807, 2.05) is 25.1 Å². The number of aromatic nitrogens is 3. The third-order valence-electron chi connectivity index (χ3n) is 3.11. The van der Waals surface area contributed by atoms with Crippen LogP contribution in [0.5, 0.6) is 0 Å². The lowest BCUT2D eigenvalue weighted by Crippen LogP contribution is -2.13. The lowest BCUT2D eigenvalue weighted by molar-refractivity contribution is 0.102. The summed E-state index contributed by atoms with van der Waals surface area (Å²) in [6.07, 6.45) is 1.55. The molecule has 3 rings (SSSR count). The van der Waals surface area contributed by atoms with E-state index < -0.39 is 0 Å². The molecule has 0 aliphatic carbocycles.